The highest BCUT2D eigenvalue weighted by atomic mass is 19.1. The van der Waals surface area contributed by atoms with Crippen LogP contribution in [-0.2, 0) is 11.2 Å². The summed E-state index contributed by atoms with van der Waals surface area (Å²) < 4.78 is 13.1. The van der Waals surface area contributed by atoms with Crippen LogP contribution >= 0.6 is 0 Å². The van der Waals surface area contributed by atoms with Gasteiger partial charge in [0.15, 0.2) is 0 Å². The predicted octanol–water partition coefficient (Wildman–Crippen LogP) is 2.68. The number of allylic oxidation sites excluding steroid dienone is 1. The number of halogens is 1. The van der Waals surface area contributed by atoms with Crippen molar-refractivity contribution in [2.24, 2.45) is 0 Å². The first-order valence-electron chi connectivity index (χ1n) is 5.98. The quantitative estimate of drug-likeness (QED) is 0.799. The molecule has 90 valence electrons. The standard InChI is InChI=1S/C14H16FNO/c1-2-7-16-14(17)8-11-4-3-10-5-6-12(15)9-13(10)11/h5-6,8-9H,2-4,7H2,1H3,(H,16,17)/b11-8-. The molecule has 0 atom stereocenters. The van der Waals surface area contributed by atoms with Gasteiger partial charge in [-0.3, -0.25) is 4.79 Å². The largest absolute Gasteiger partial charge is 0.353 e. The van der Waals surface area contributed by atoms with Crippen molar-refractivity contribution in [2.45, 2.75) is 26.2 Å². The van der Waals surface area contributed by atoms with Gasteiger partial charge in [0.25, 0.3) is 0 Å². The van der Waals surface area contributed by atoms with E-state index in [-0.39, 0.29) is 11.7 Å². The third kappa shape index (κ3) is 2.73. The van der Waals surface area contributed by atoms with E-state index in [2.05, 4.69) is 5.32 Å². The summed E-state index contributed by atoms with van der Waals surface area (Å²) in [5.41, 5.74) is 2.95. The van der Waals surface area contributed by atoms with E-state index in [0.717, 1.165) is 36.0 Å². The smallest absolute Gasteiger partial charge is 0.244 e. The Balaban J connectivity index is 2.18. The molecule has 0 fully saturated rings. The van der Waals surface area contributed by atoms with Gasteiger partial charge in [-0.2, -0.15) is 0 Å². The highest BCUT2D eigenvalue weighted by Crippen LogP contribution is 2.32. The molecule has 2 rings (SSSR count). The first kappa shape index (κ1) is 11.8. The summed E-state index contributed by atoms with van der Waals surface area (Å²) in [6.45, 7) is 2.69. The number of hydrogen-bond donors (Lipinski definition) is 1. The maximum Gasteiger partial charge on any atom is 0.244 e. The third-order valence-corrected chi connectivity index (χ3v) is 2.94. The minimum Gasteiger partial charge on any atom is -0.353 e. The van der Waals surface area contributed by atoms with Crippen molar-refractivity contribution in [3.8, 4) is 0 Å². The molecule has 0 radical (unpaired) electrons. The van der Waals surface area contributed by atoms with Gasteiger partial charge in [-0.05, 0) is 48.1 Å². The van der Waals surface area contributed by atoms with Gasteiger partial charge in [0.05, 0.1) is 0 Å². The number of fused-ring (bicyclic) bond motifs is 1. The second-order valence-corrected chi connectivity index (χ2v) is 4.26. The lowest BCUT2D eigenvalue weighted by atomic mass is 10.1. The monoisotopic (exact) mass is 233 g/mol. The molecule has 0 saturated carbocycles. The van der Waals surface area contributed by atoms with Gasteiger partial charge in [0.2, 0.25) is 5.91 Å². The van der Waals surface area contributed by atoms with Gasteiger partial charge in [-0.1, -0.05) is 13.0 Å². The molecular formula is C14H16FNO. The second kappa shape index (κ2) is 5.13. The molecule has 17 heavy (non-hydrogen) atoms. The summed E-state index contributed by atoms with van der Waals surface area (Å²) in [5, 5.41) is 2.80. The van der Waals surface area contributed by atoms with Crippen LogP contribution in [0, 0.1) is 5.82 Å². The van der Waals surface area contributed by atoms with E-state index in [0.29, 0.717) is 6.54 Å². The van der Waals surface area contributed by atoms with E-state index < -0.39 is 0 Å². The zero-order chi connectivity index (χ0) is 12.3. The van der Waals surface area contributed by atoms with E-state index in [4.69, 9.17) is 0 Å². The van der Waals surface area contributed by atoms with Crippen LogP contribution in [0.15, 0.2) is 24.3 Å². The molecule has 0 aromatic heterocycles. The molecule has 0 heterocycles. The molecule has 1 N–H and O–H groups in total. The number of hydrogen-bond acceptors (Lipinski definition) is 1. The Kier molecular flexibility index (Phi) is 3.57. The van der Waals surface area contributed by atoms with Crippen molar-refractivity contribution in [1.29, 1.82) is 0 Å². The topological polar surface area (TPSA) is 29.1 Å². The molecule has 0 saturated heterocycles. The SMILES string of the molecule is CCCNC(=O)/C=C1/CCc2ccc(F)cc21. The van der Waals surface area contributed by atoms with Crippen LogP contribution in [0.3, 0.4) is 0 Å². The molecule has 0 bridgehead atoms. The summed E-state index contributed by atoms with van der Waals surface area (Å²) >= 11 is 0. The van der Waals surface area contributed by atoms with Crippen LogP contribution in [0.2, 0.25) is 0 Å². The number of rotatable bonds is 3. The summed E-state index contributed by atoms with van der Waals surface area (Å²) in [6.07, 6.45) is 4.22. The molecular weight excluding hydrogens is 217 g/mol. The number of carbonyl (C=O) groups is 1. The van der Waals surface area contributed by atoms with Gasteiger partial charge in [0, 0.05) is 12.6 Å². The molecule has 1 aliphatic rings. The zero-order valence-corrected chi connectivity index (χ0v) is 9.92. The third-order valence-electron chi connectivity index (χ3n) is 2.94. The van der Waals surface area contributed by atoms with Gasteiger partial charge < -0.3 is 5.32 Å². The Morgan fingerprint density at radius 1 is 1.47 bits per heavy atom. The van der Waals surface area contributed by atoms with E-state index in [9.17, 15) is 9.18 Å². The van der Waals surface area contributed by atoms with E-state index in [1.807, 2.05) is 6.92 Å². The fraction of sp³-hybridized carbons (Fsp3) is 0.357. The van der Waals surface area contributed by atoms with Gasteiger partial charge >= 0.3 is 0 Å². The van der Waals surface area contributed by atoms with Crippen LogP contribution in [0.4, 0.5) is 4.39 Å². The highest BCUT2D eigenvalue weighted by Gasteiger charge is 2.17. The average molecular weight is 233 g/mol. The number of carbonyl (C=O) groups excluding carboxylic acids is 1. The van der Waals surface area contributed by atoms with Gasteiger partial charge in [-0.25, -0.2) is 4.39 Å². The zero-order valence-electron chi connectivity index (χ0n) is 9.92. The van der Waals surface area contributed by atoms with E-state index >= 15 is 0 Å². The van der Waals surface area contributed by atoms with Crippen molar-refractivity contribution in [2.75, 3.05) is 6.54 Å². The summed E-state index contributed by atoms with van der Waals surface area (Å²) in [7, 11) is 0. The number of benzene rings is 1. The molecule has 2 nitrogen and oxygen atoms in total. The maximum absolute atomic E-state index is 13.1. The predicted molar refractivity (Wildman–Crippen MR) is 66.0 cm³/mol. The molecule has 0 aliphatic heterocycles. The number of aryl methyl sites for hydroxylation is 1. The van der Waals surface area contributed by atoms with Crippen molar-refractivity contribution in [1.82, 2.24) is 5.32 Å². The van der Waals surface area contributed by atoms with E-state index in [1.54, 1.807) is 12.1 Å². The molecule has 3 heteroatoms. The van der Waals surface area contributed by atoms with Gasteiger partial charge in [-0.15, -0.1) is 0 Å². The first-order valence-corrected chi connectivity index (χ1v) is 5.98. The van der Waals surface area contributed by atoms with E-state index in [1.165, 1.54) is 12.1 Å². The number of nitrogens with one attached hydrogen (secondary N) is 1. The molecule has 1 aliphatic carbocycles. The Labute approximate surface area is 101 Å². The van der Waals surface area contributed by atoms with Crippen molar-refractivity contribution in [3.05, 3.63) is 41.2 Å². The van der Waals surface area contributed by atoms with Crippen molar-refractivity contribution in [3.63, 3.8) is 0 Å². The van der Waals surface area contributed by atoms with Crippen LogP contribution < -0.4 is 5.32 Å². The van der Waals surface area contributed by atoms with Crippen LogP contribution in [-0.4, -0.2) is 12.5 Å². The van der Waals surface area contributed by atoms with Crippen LogP contribution in [0.25, 0.3) is 5.57 Å². The summed E-state index contributed by atoms with van der Waals surface area (Å²) in [4.78, 5) is 11.6. The van der Waals surface area contributed by atoms with Crippen LogP contribution in [0.5, 0.6) is 0 Å². The van der Waals surface area contributed by atoms with Crippen molar-refractivity contribution < 1.29 is 9.18 Å². The second-order valence-electron chi connectivity index (χ2n) is 4.26. The Morgan fingerprint density at radius 3 is 3.06 bits per heavy atom. The van der Waals surface area contributed by atoms with Crippen molar-refractivity contribution >= 4 is 11.5 Å². The number of amides is 1. The Bertz CT molecular complexity index is 465. The lowest BCUT2D eigenvalue weighted by Gasteiger charge is -2.02. The molecule has 1 aromatic carbocycles. The van der Waals surface area contributed by atoms with Gasteiger partial charge in [0.1, 0.15) is 5.82 Å². The lowest BCUT2D eigenvalue weighted by molar-refractivity contribution is -0.116. The molecule has 1 amide bonds. The first-order chi connectivity index (χ1) is 8.20. The Hall–Kier alpha value is -1.64. The molecule has 0 spiro atoms. The average Bonchev–Trinajstić information content (AvgIpc) is 2.69. The summed E-state index contributed by atoms with van der Waals surface area (Å²) in [5.74, 6) is -0.329. The maximum atomic E-state index is 13.1. The normalized spacial score (nSPS) is 16.0. The molecule has 1 aromatic rings. The highest BCUT2D eigenvalue weighted by molar-refractivity contribution is 5.96. The van der Waals surface area contributed by atoms with Crippen LogP contribution in [0.1, 0.15) is 30.9 Å². The molecule has 0 unspecified atom stereocenters. The fourth-order valence-corrected chi connectivity index (χ4v) is 2.08. The summed E-state index contributed by atoms with van der Waals surface area (Å²) in [6, 6.07) is 4.79. The minimum atomic E-state index is -0.245. The minimum absolute atomic E-state index is 0.0843. The lowest BCUT2D eigenvalue weighted by Crippen LogP contribution is -2.21. The fourth-order valence-electron chi connectivity index (χ4n) is 2.08. The Morgan fingerprint density at radius 2 is 2.29 bits per heavy atom.